The molecule has 0 atom stereocenters. The number of H-pyrrole nitrogens is 1. The lowest BCUT2D eigenvalue weighted by Gasteiger charge is -2.11. The van der Waals surface area contributed by atoms with Crippen molar-refractivity contribution in [3.05, 3.63) is 111 Å². The predicted molar refractivity (Wildman–Crippen MR) is 167 cm³/mol. The first kappa shape index (κ1) is 28.9. The fraction of sp³-hybridized carbons (Fsp3) is 0.0938. The zero-order valence-electron chi connectivity index (χ0n) is 22.6. The molecule has 0 aliphatic heterocycles. The third-order valence-electron chi connectivity index (χ3n) is 6.31. The Hall–Kier alpha value is -4.60. The van der Waals surface area contributed by atoms with Crippen LogP contribution in [-0.2, 0) is 0 Å². The molecule has 0 bridgehead atoms. The van der Waals surface area contributed by atoms with Gasteiger partial charge in [-0.25, -0.2) is 10.2 Å². The van der Waals surface area contributed by atoms with Crippen LogP contribution in [0.1, 0.15) is 33.3 Å². The number of methoxy groups -OCH3 is 1. The van der Waals surface area contributed by atoms with E-state index in [2.05, 4.69) is 31.4 Å². The number of nitrogens with zero attached hydrogens (tertiary/aromatic N) is 1. The molecule has 0 saturated heterocycles. The molecule has 5 rings (SSSR count). The third-order valence-corrected chi connectivity index (χ3v) is 7.16. The molecule has 1 amide bonds. The Morgan fingerprint density at radius 1 is 1.00 bits per heavy atom. The molecule has 5 aromatic rings. The number of hydrogen-bond acceptors (Lipinski definition) is 6. The highest BCUT2D eigenvalue weighted by atomic mass is 79.9. The Balaban J connectivity index is 1.38. The van der Waals surface area contributed by atoms with Gasteiger partial charge in [-0.05, 0) is 79.2 Å². The number of carbonyl (C=O) groups is 2. The van der Waals surface area contributed by atoms with Gasteiger partial charge in [0.2, 0.25) is 0 Å². The van der Waals surface area contributed by atoms with Gasteiger partial charge in [0.05, 0.1) is 25.5 Å². The number of aromatic nitrogens is 1. The highest BCUT2D eigenvalue weighted by Crippen LogP contribution is 2.38. The molecular weight excluding hydrogens is 622 g/mol. The molecule has 10 heteroatoms. The van der Waals surface area contributed by atoms with Gasteiger partial charge < -0.3 is 19.2 Å². The van der Waals surface area contributed by atoms with Crippen LogP contribution in [0.5, 0.6) is 17.2 Å². The predicted octanol–water partition coefficient (Wildman–Crippen LogP) is 7.64. The summed E-state index contributed by atoms with van der Waals surface area (Å²) in [6.07, 6.45) is 1.47. The smallest absolute Gasteiger partial charge is 0.343 e. The number of amides is 1. The van der Waals surface area contributed by atoms with E-state index in [-0.39, 0.29) is 5.75 Å². The number of nitrogens with one attached hydrogen (secondary N) is 2. The number of hydrogen-bond donors (Lipinski definition) is 2. The molecule has 1 heterocycles. The van der Waals surface area contributed by atoms with E-state index in [0.29, 0.717) is 51.1 Å². The van der Waals surface area contributed by atoms with Crippen molar-refractivity contribution in [2.45, 2.75) is 6.92 Å². The second-order valence-corrected chi connectivity index (χ2v) is 10.3. The Morgan fingerprint density at radius 3 is 2.52 bits per heavy atom. The summed E-state index contributed by atoms with van der Waals surface area (Å²) in [7, 11) is 1.58. The number of esters is 1. The Kier molecular flexibility index (Phi) is 8.90. The average Bonchev–Trinajstić information content (AvgIpc) is 3.37. The molecule has 0 fully saturated rings. The molecule has 0 aliphatic rings. The summed E-state index contributed by atoms with van der Waals surface area (Å²) in [5, 5.41) is 5.44. The standard InChI is InChI=1S/C32H25BrClN3O5/c1-3-41-28-16-19(8-15-27(28)42-32(39)20-9-11-21(33)12-10-20)18-35-37-31(38)30-29(23-6-4-5-7-25(23)34)24-17-22(40-2)13-14-26(24)36-30/h4-18,36H,3H2,1-2H3,(H,37,38). The van der Waals surface area contributed by atoms with Crippen LogP contribution >= 0.6 is 27.5 Å². The zero-order chi connectivity index (χ0) is 29.6. The van der Waals surface area contributed by atoms with Gasteiger partial charge in [0.15, 0.2) is 11.5 Å². The minimum absolute atomic E-state index is 0.267. The van der Waals surface area contributed by atoms with Gasteiger partial charge in [-0.2, -0.15) is 5.10 Å². The quantitative estimate of drug-likeness (QED) is 0.0742. The molecule has 0 radical (unpaired) electrons. The number of ether oxygens (including phenoxy) is 3. The lowest BCUT2D eigenvalue weighted by molar-refractivity contribution is 0.0728. The normalized spacial score (nSPS) is 11.0. The van der Waals surface area contributed by atoms with Crippen LogP contribution < -0.4 is 19.6 Å². The van der Waals surface area contributed by atoms with Gasteiger partial charge in [0.25, 0.3) is 5.91 Å². The largest absolute Gasteiger partial charge is 0.497 e. The molecule has 0 aliphatic carbocycles. The maximum Gasteiger partial charge on any atom is 0.343 e. The van der Waals surface area contributed by atoms with Crippen molar-refractivity contribution in [2.24, 2.45) is 5.10 Å². The lowest BCUT2D eigenvalue weighted by atomic mass is 10.0. The first-order valence-corrected chi connectivity index (χ1v) is 14.1. The molecule has 0 spiro atoms. The second-order valence-electron chi connectivity index (χ2n) is 9.00. The maximum atomic E-state index is 13.3. The van der Waals surface area contributed by atoms with Crippen LogP contribution in [-0.4, -0.2) is 36.8 Å². The summed E-state index contributed by atoms with van der Waals surface area (Å²) >= 11 is 9.88. The molecule has 4 aromatic carbocycles. The van der Waals surface area contributed by atoms with E-state index in [4.69, 9.17) is 25.8 Å². The fourth-order valence-electron chi connectivity index (χ4n) is 4.34. The number of aromatic amines is 1. The zero-order valence-corrected chi connectivity index (χ0v) is 25.0. The van der Waals surface area contributed by atoms with Gasteiger partial charge in [0.1, 0.15) is 11.4 Å². The van der Waals surface area contributed by atoms with Crippen molar-refractivity contribution in [3.63, 3.8) is 0 Å². The van der Waals surface area contributed by atoms with Crippen LogP contribution in [0.3, 0.4) is 0 Å². The monoisotopic (exact) mass is 645 g/mol. The first-order chi connectivity index (χ1) is 20.4. The summed E-state index contributed by atoms with van der Waals surface area (Å²) in [5.74, 6) is 0.312. The van der Waals surface area contributed by atoms with Gasteiger partial charge in [-0.3, -0.25) is 4.79 Å². The number of fused-ring (bicyclic) bond motifs is 1. The first-order valence-electron chi connectivity index (χ1n) is 12.9. The van der Waals surface area contributed by atoms with Crippen molar-refractivity contribution in [1.82, 2.24) is 10.4 Å². The van der Waals surface area contributed by atoms with Gasteiger partial charge in [-0.1, -0.05) is 45.7 Å². The van der Waals surface area contributed by atoms with Crippen LogP contribution in [0.2, 0.25) is 5.02 Å². The van der Waals surface area contributed by atoms with E-state index in [1.807, 2.05) is 43.3 Å². The number of benzene rings is 4. The summed E-state index contributed by atoms with van der Waals surface area (Å²) in [6, 6.07) is 24.7. The second kappa shape index (κ2) is 12.9. The van der Waals surface area contributed by atoms with E-state index in [1.165, 1.54) is 6.21 Å². The van der Waals surface area contributed by atoms with E-state index in [1.54, 1.807) is 55.6 Å². The molecule has 0 saturated carbocycles. The highest BCUT2D eigenvalue weighted by molar-refractivity contribution is 9.10. The minimum Gasteiger partial charge on any atom is -0.497 e. The topological polar surface area (TPSA) is 102 Å². The van der Waals surface area contributed by atoms with E-state index in [0.717, 1.165) is 15.4 Å². The number of halogens is 2. The molecular formula is C32H25BrClN3O5. The van der Waals surface area contributed by atoms with Gasteiger partial charge in [0, 0.05) is 31.5 Å². The Labute approximate surface area is 255 Å². The van der Waals surface area contributed by atoms with Crippen molar-refractivity contribution in [3.8, 4) is 28.4 Å². The number of carbonyl (C=O) groups excluding carboxylic acids is 2. The van der Waals surface area contributed by atoms with E-state index in [9.17, 15) is 9.59 Å². The van der Waals surface area contributed by atoms with Crippen molar-refractivity contribution < 1.29 is 23.8 Å². The summed E-state index contributed by atoms with van der Waals surface area (Å²) in [6.45, 7) is 2.18. The summed E-state index contributed by atoms with van der Waals surface area (Å²) in [5.41, 5.74) is 5.99. The van der Waals surface area contributed by atoms with E-state index >= 15 is 0 Å². The van der Waals surface area contributed by atoms with Crippen molar-refractivity contribution >= 4 is 56.5 Å². The molecule has 212 valence electrons. The van der Waals surface area contributed by atoms with E-state index < -0.39 is 11.9 Å². The van der Waals surface area contributed by atoms with Crippen molar-refractivity contribution in [2.75, 3.05) is 13.7 Å². The maximum absolute atomic E-state index is 13.3. The Morgan fingerprint density at radius 2 is 1.79 bits per heavy atom. The molecule has 8 nitrogen and oxygen atoms in total. The SMILES string of the molecule is CCOc1cc(C=NNC(=O)c2[nH]c3ccc(OC)cc3c2-c2ccccc2Cl)ccc1OC(=O)c1ccc(Br)cc1. The van der Waals surface area contributed by atoms with Gasteiger partial charge in [-0.15, -0.1) is 0 Å². The van der Waals surface area contributed by atoms with Crippen molar-refractivity contribution in [1.29, 1.82) is 0 Å². The van der Waals surface area contributed by atoms with Crippen LogP contribution in [0.4, 0.5) is 0 Å². The summed E-state index contributed by atoms with van der Waals surface area (Å²) in [4.78, 5) is 29.2. The molecule has 1 aromatic heterocycles. The van der Waals surface area contributed by atoms with Crippen LogP contribution in [0.15, 0.2) is 94.5 Å². The third kappa shape index (κ3) is 6.32. The van der Waals surface area contributed by atoms with Crippen LogP contribution in [0.25, 0.3) is 22.0 Å². The molecule has 2 N–H and O–H groups in total. The number of hydrazone groups is 1. The highest BCUT2D eigenvalue weighted by Gasteiger charge is 2.21. The molecule has 42 heavy (non-hydrogen) atoms. The van der Waals surface area contributed by atoms with Crippen LogP contribution in [0, 0.1) is 0 Å². The Bertz CT molecular complexity index is 1800. The van der Waals surface area contributed by atoms with Gasteiger partial charge >= 0.3 is 5.97 Å². The minimum atomic E-state index is -0.512. The lowest BCUT2D eigenvalue weighted by Crippen LogP contribution is -2.19. The fourth-order valence-corrected chi connectivity index (χ4v) is 4.83. The average molecular weight is 647 g/mol. The molecule has 0 unspecified atom stereocenters. The summed E-state index contributed by atoms with van der Waals surface area (Å²) < 4.78 is 17.5. The number of rotatable bonds is 9.